The van der Waals surface area contributed by atoms with Gasteiger partial charge in [0.05, 0.1) is 28.3 Å². The number of nitrogens with two attached hydrogens (primary N) is 2. The fourth-order valence-corrected chi connectivity index (χ4v) is 3.55. The monoisotopic (exact) mass is 481 g/mol. The van der Waals surface area contributed by atoms with Crippen LogP contribution in [0.2, 0.25) is 0 Å². The molecule has 1 heterocycles. The predicted octanol–water partition coefficient (Wildman–Crippen LogP) is 2.84. The molecule has 34 heavy (non-hydrogen) atoms. The number of thiol groups is 1. The summed E-state index contributed by atoms with van der Waals surface area (Å²) in [5, 5.41) is 13.4. The van der Waals surface area contributed by atoms with Gasteiger partial charge in [0.15, 0.2) is 0 Å². The number of nitrogens with zero attached hydrogens (tertiary/aromatic N) is 2. The van der Waals surface area contributed by atoms with Gasteiger partial charge in [-0.15, -0.1) is 12.6 Å². The molecule has 11 heteroatoms. The summed E-state index contributed by atoms with van der Waals surface area (Å²) in [4.78, 5) is 27.9. The second-order valence-electron chi connectivity index (χ2n) is 7.52. The second kappa shape index (κ2) is 10.7. The topological polar surface area (TPSA) is 152 Å². The summed E-state index contributed by atoms with van der Waals surface area (Å²) >= 11 is 4.22. The van der Waals surface area contributed by atoms with Gasteiger partial charge in [0.1, 0.15) is 11.9 Å². The maximum Gasteiger partial charge on any atom is 0.250 e. The molecule has 0 radical (unpaired) electrons. The molecule has 0 fully saturated rings. The molecule has 0 saturated carbocycles. The van der Waals surface area contributed by atoms with Gasteiger partial charge < -0.3 is 32.1 Å². The molecule has 3 aromatic rings. The van der Waals surface area contributed by atoms with Gasteiger partial charge in [-0.2, -0.15) is 0 Å². The molecule has 0 aliphatic carbocycles. The Kier molecular flexibility index (Phi) is 7.69. The summed E-state index contributed by atoms with van der Waals surface area (Å²) in [6.45, 7) is 1.55. The maximum atomic E-state index is 14.8. The van der Waals surface area contributed by atoms with Crippen molar-refractivity contribution in [2.75, 3.05) is 10.6 Å². The molecule has 1 aromatic heterocycles. The van der Waals surface area contributed by atoms with E-state index >= 15 is 0 Å². The third kappa shape index (κ3) is 6.23. The van der Waals surface area contributed by atoms with Crippen molar-refractivity contribution in [3.05, 3.63) is 83.2 Å². The zero-order chi connectivity index (χ0) is 24.8. The number of halogens is 1. The van der Waals surface area contributed by atoms with Crippen LogP contribution in [0.5, 0.6) is 0 Å². The number of nitrogens with one attached hydrogen (secondary N) is 3. The highest BCUT2D eigenvalue weighted by Crippen LogP contribution is 2.27. The molecule has 2 amide bonds. The van der Waals surface area contributed by atoms with Gasteiger partial charge >= 0.3 is 0 Å². The molecule has 0 aliphatic rings. The molecule has 1 atom stereocenters. The van der Waals surface area contributed by atoms with Gasteiger partial charge in [-0.1, -0.05) is 12.1 Å². The van der Waals surface area contributed by atoms with Crippen molar-refractivity contribution in [3.8, 4) is 5.69 Å². The molecule has 0 saturated heterocycles. The third-order valence-corrected chi connectivity index (χ3v) is 5.08. The predicted molar refractivity (Wildman–Crippen MR) is 133 cm³/mol. The van der Waals surface area contributed by atoms with Crippen molar-refractivity contribution >= 4 is 41.5 Å². The van der Waals surface area contributed by atoms with E-state index in [4.69, 9.17) is 16.9 Å². The minimum atomic E-state index is -0.935. The number of carbonyl (C=O) groups excluding carboxylic acids is 2. The summed E-state index contributed by atoms with van der Waals surface area (Å²) in [6, 6.07) is 8.74. The first kappa shape index (κ1) is 24.5. The Balaban J connectivity index is 1.85. The average molecular weight is 482 g/mol. The molecule has 0 bridgehead atoms. The highest BCUT2D eigenvalue weighted by atomic mass is 32.1. The summed E-state index contributed by atoms with van der Waals surface area (Å²) in [5.41, 5.74) is 12.8. The molecule has 1 unspecified atom stereocenters. The van der Waals surface area contributed by atoms with Crippen LogP contribution in [0.15, 0.2) is 66.2 Å². The van der Waals surface area contributed by atoms with E-state index in [-0.39, 0.29) is 34.1 Å². The van der Waals surface area contributed by atoms with Crippen LogP contribution in [0.3, 0.4) is 0 Å². The maximum absolute atomic E-state index is 14.8. The van der Waals surface area contributed by atoms with Crippen LogP contribution in [0.1, 0.15) is 22.8 Å². The van der Waals surface area contributed by atoms with Crippen LogP contribution < -0.4 is 22.1 Å². The van der Waals surface area contributed by atoms with Crippen molar-refractivity contribution in [1.82, 2.24) is 9.55 Å². The van der Waals surface area contributed by atoms with E-state index in [1.807, 2.05) is 35.0 Å². The summed E-state index contributed by atoms with van der Waals surface area (Å²) < 4.78 is 16.6. The standard InChI is InChI=1S/C23H24FN7O2S/c1-13(25)8-21(34)30-18-11-19(17(24)10-16(18)22(26)32)29-20(23(27)33)9-14-2-4-15(5-3-14)31-7-6-28-12-31/h2-8,10-12,20,25,29-30,34H,9H2,1H3,(H2,26,32)(H2,27,33)/b21-8-,25-13?. The lowest BCUT2D eigenvalue weighted by Crippen LogP contribution is -2.37. The second-order valence-corrected chi connectivity index (χ2v) is 8.00. The fourth-order valence-electron chi connectivity index (χ4n) is 3.23. The van der Waals surface area contributed by atoms with Crippen LogP contribution in [0.25, 0.3) is 5.69 Å². The number of aromatic nitrogens is 2. The van der Waals surface area contributed by atoms with Gasteiger partial charge in [-0.05, 0) is 42.8 Å². The number of carbonyl (C=O) groups is 2. The summed E-state index contributed by atoms with van der Waals surface area (Å²) in [5.74, 6) is -2.32. The van der Waals surface area contributed by atoms with E-state index in [9.17, 15) is 14.0 Å². The van der Waals surface area contributed by atoms with Crippen molar-refractivity contribution in [1.29, 1.82) is 5.41 Å². The Hall–Kier alpha value is -4.12. The van der Waals surface area contributed by atoms with Crippen LogP contribution in [-0.4, -0.2) is 33.1 Å². The largest absolute Gasteiger partial charge is 0.371 e. The van der Waals surface area contributed by atoms with E-state index < -0.39 is 23.7 Å². The number of amides is 2. The quantitative estimate of drug-likeness (QED) is 0.194. The van der Waals surface area contributed by atoms with E-state index in [1.54, 1.807) is 19.4 Å². The van der Waals surface area contributed by atoms with Crippen molar-refractivity contribution in [2.45, 2.75) is 19.4 Å². The first-order valence-corrected chi connectivity index (χ1v) is 10.6. The lowest BCUT2D eigenvalue weighted by Gasteiger charge is -2.20. The molecule has 3 rings (SSSR count). The number of hydrogen-bond acceptors (Lipinski definition) is 7. The van der Waals surface area contributed by atoms with Gasteiger partial charge in [0, 0.05) is 30.2 Å². The minimum absolute atomic E-state index is 0.0564. The number of allylic oxidation sites excluding steroid dienone is 1. The van der Waals surface area contributed by atoms with Gasteiger partial charge in [0.25, 0.3) is 5.91 Å². The Labute approximate surface area is 201 Å². The minimum Gasteiger partial charge on any atom is -0.371 e. The lowest BCUT2D eigenvalue weighted by molar-refractivity contribution is -0.118. The molecule has 0 spiro atoms. The lowest BCUT2D eigenvalue weighted by atomic mass is 10.0. The molecular weight excluding hydrogens is 457 g/mol. The molecule has 7 N–H and O–H groups in total. The highest BCUT2D eigenvalue weighted by Gasteiger charge is 2.20. The number of hydrogen-bond donors (Lipinski definition) is 6. The smallest absolute Gasteiger partial charge is 0.250 e. The zero-order valence-corrected chi connectivity index (χ0v) is 19.1. The first-order chi connectivity index (χ1) is 16.1. The summed E-state index contributed by atoms with van der Waals surface area (Å²) in [7, 11) is 0. The summed E-state index contributed by atoms with van der Waals surface area (Å²) in [6.07, 6.45) is 6.75. The molecule has 2 aromatic carbocycles. The van der Waals surface area contributed by atoms with E-state index in [0.29, 0.717) is 0 Å². The third-order valence-electron chi connectivity index (χ3n) is 4.84. The number of imidazole rings is 1. The van der Waals surface area contributed by atoms with Crippen LogP contribution in [0.4, 0.5) is 15.8 Å². The Morgan fingerprint density at radius 1 is 1.24 bits per heavy atom. The fraction of sp³-hybridized carbons (Fsp3) is 0.130. The SMILES string of the molecule is CC(=N)/C=C(\S)Nc1cc(NC(Cc2ccc(-n3ccnc3)cc2)C(N)=O)c(F)cc1C(N)=O. The van der Waals surface area contributed by atoms with Crippen molar-refractivity contribution < 1.29 is 14.0 Å². The molecular formula is C23H24FN7O2S. The first-order valence-electron chi connectivity index (χ1n) is 10.1. The van der Waals surface area contributed by atoms with Gasteiger partial charge in [-0.25, -0.2) is 9.37 Å². The van der Waals surface area contributed by atoms with E-state index in [1.165, 1.54) is 12.1 Å². The van der Waals surface area contributed by atoms with E-state index in [0.717, 1.165) is 17.3 Å². The van der Waals surface area contributed by atoms with Crippen LogP contribution in [-0.2, 0) is 11.2 Å². The Morgan fingerprint density at radius 2 is 1.94 bits per heavy atom. The van der Waals surface area contributed by atoms with Crippen molar-refractivity contribution in [3.63, 3.8) is 0 Å². The normalized spacial score (nSPS) is 12.1. The van der Waals surface area contributed by atoms with E-state index in [2.05, 4.69) is 28.2 Å². The van der Waals surface area contributed by atoms with Crippen LogP contribution in [0, 0.1) is 11.2 Å². The highest BCUT2D eigenvalue weighted by molar-refractivity contribution is 7.84. The van der Waals surface area contributed by atoms with Crippen LogP contribution >= 0.6 is 12.6 Å². The molecule has 176 valence electrons. The van der Waals surface area contributed by atoms with Crippen molar-refractivity contribution in [2.24, 2.45) is 11.5 Å². The molecule has 9 nitrogen and oxygen atoms in total. The Bertz CT molecular complexity index is 1240. The average Bonchev–Trinajstić information content (AvgIpc) is 3.29. The van der Waals surface area contributed by atoms with Gasteiger partial charge in [0.2, 0.25) is 5.91 Å². The number of benzene rings is 2. The Morgan fingerprint density at radius 3 is 2.50 bits per heavy atom. The van der Waals surface area contributed by atoms with Gasteiger partial charge in [-0.3, -0.25) is 9.59 Å². The number of rotatable bonds is 10. The zero-order valence-electron chi connectivity index (χ0n) is 18.2. The number of anilines is 2. The molecule has 0 aliphatic heterocycles. The number of primary amides is 2.